The summed E-state index contributed by atoms with van der Waals surface area (Å²) in [6, 6.07) is 0. The number of halogens is 1. The van der Waals surface area contributed by atoms with Crippen molar-refractivity contribution in [2.75, 3.05) is 26.2 Å². The van der Waals surface area contributed by atoms with Gasteiger partial charge in [0.15, 0.2) is 6.29 Å². The number of carboxylic acid groups (broad SMARTS) is 1. The number of rotatable bonds is 8. The molecule has 4 fully saturated rings. The first kappa shape index (κ1) is 25.4. The Kier molecular flexibility index (Phi) is 6.31. The van der Waals surface area contributed by atoms with Crippen LogP contribution in [0.25, 0.3) is 0 Å². The van der Waals surface area contributed by atoms with Crippen LogP contribution in [0.5, 0.6) is 0 Å². The van der Waals surface area contributed by atoms with E-state index in [4.69, 9.17) is 21.1 Å². The quantitative estimate of drug-likeness (QED) is 0.380. The van der Waals surface area contributed by atoms with Crippen molar-refractivity contribution in [3.63, 3.8) is 0 Å². The maximum Gasteiger partial charge on any atom is 0.315 e. The van der Waals surface area contributed by atoms with Gasteiger partial charge in [-0.05, 0) is 55.8 Å². The minimum atomic E-state index is -1.21. The number of allylic oxidation sites excluding steroid dienone is 1. The molecule has 5 aliphatic rings. The van der Waals surface area contributed by atoms with Crippen LogP contribution < -0.4 is 0 Å². The van der Waals surface area contributed by atoms with Crippen molar-refractivity contribution in [2.45, 2.75) is 65.8 Å². The van der Waals surface area contributed by atoms with Crippen molar-refractivity contribution in [3.8, 4) is 0 Å². The van der Waals surface area contributed by atoms with Gasteiger partial charge in [-0.3, -0.25) is 9.69 Å². The second kappa shape index (κ2) is 8.68. The molecule has 0 aromatic rings. The summed E-state index contributed by atoms with van der Waals surface area (Å²) in [4.78, 5) is 28.8. The number of aldehydes is 1. The smallest absolute Gasteiger partial charge is 0.315 e. The molecule has 194 valence electrons. The molecule has 1 unspecified atom stereocenters. The van der Waals surface area contributed by atoms with Gasteiger partial charge in [0.25, 0.3) is 0 Å². The molecule has 4 aliphatic carbocycles. The van der Waals surface area contributed by atoms with Gasteiger partial charge in [-0.15, -0.1) is 0 Å². The first-order valence-corrected chi connectivity index (χ1v) is 13.6. The Morgan fingerprint density at radius 2 is 2.09 bits per heavy atom. The Morgan fingerprint density at radius 1 is 1.34 bits per heavy atom. The lowest BCUT2D eigenvalue weighted by molar-refractivity contribution is -0.235. The lowest BCUT2D eigenvalue weighted by Gasteiger charge is -2.58. The number of hydrogen-bond donors (Lipinski definition) is 1. The van der Waals surface area contributed by atoms with E-state index < -0.39 is 28.5 Å². The number of nitrogens with zero attached hydrogens (tertiary/aromatic N) is 1. The molecule has 1 aliphatic heterocycles. The molecule has 0 amide bonds. The van der Waals surface area contributed by atoms with E-state index in [1.807, 2.05) is 6.92 Å². The second-order valence-electron chi connectivity index (χ2n) is 12.4. The summed E-state index contributed by atoms with van der Waals surface area (Å²) in [5.41, 5.74) is -1.77. The maximum absolute atomic E-state index is 13.5. The molecule has 0 radical (unpaired) electrons. The van der Waals surface area contributed by atoms with Crippen LogP contribution in [-0.2, 0) is 19.1 Å². The molecule has 1 saturated heterocycles. The molecule has 4 bridgehead atoms. The van der Waals surface area contributed by atoms with Crippen LogP contribution >= 0.6 is 11.6 Å². The molecule has 9 atom stereocenters. The molecular formula is C28H40ClNO5. The molecule has 5 rings (SSSR count). The number of ether oxygens (including phenoxy) is 2. The zero-order valence-corrected chi connectivity index (χ0v) is 22.2. The lowest BCUT2D eigenvalue weighted by Crippen LogP contribution is -2.64. The number of carboxylic acids is 1. The van der Waals surface area contributed by atoms with Crippen LogP contribution in [0.4, 0.5) is 0 Å². The Hall–Kier alpha value is -1.21. The number of fused-ring (bicyclic) bond motifs is 2. The largest absolute Gasteiger partial charge is 0.481 e. The normalized spacial score (nSPS) is 46.5. The number of aliphatic carboxylic acids is 1. The van der Waals surface area contributed by atoms with Crippen LogP contribution in [-0.4, -0.2) is 60.9 Å². The van der Waals surface area contributed by atoms with Crippen molar-refractivity contribution in [2.24, 2.45) is 45.8 Å². The van der Waals surface area contributed by atoms with E-state index >= 15 is 0 Å². The molecule has 1 heterocycles. The SMILES string of the molecule is C=C(Cl)CN1CC(C)O[C@@H](OC[C@@]23C[C@@H]4[C@H](C)CC[C@H]4[C@@]4(C=O)C[C@@H]2C=C(C(C)C)[C@@]34C(=O)O)C1. The summed E-state index contributed by atoms with van der Waals surface area (Å²) >= 11 is 6.07. The third kappa shape index (κ3) is 3.32. The van der Waals surface area contributed by atoms with Gasteiger partial charge in [-0.2, -0.15) is 0 Å². The molecule has 1 N–H and O–H groups in total. The summed E-state index contributed by atoms with van der Waals surface area (Å²) < 4.78 is 12.7. The molecule has 0 aromatic heterocycles. The van der Waals surface area contributed by atoms with Crippen molar-refractivity contribution in [1.82, 2.24) is 4.90 Å². The Morgan fingerprint density at radius 3 is 2.71 bits per heavy atom. The summed E-state index contributed by atoms with van der Waals surface area (Å²) in [6.45, 7) is 14.4. The summed E-state index contributed by atoms with van der Waals surface area (Å²) in [6.07, 6.45) is 6.19. The summed E-state index contributed by atoms with van der Waals surface area (Å²) in [5.74, 6) is 0.205. The van der Waals surface area contributed by atoms with Crippen molar-refractivity contribution in [1.29, 1.82) is 0 Å². The predicted octanol–water partition coefficient (Wildman–Crippen LogP) is 4.73. The molecule has 7 heteroatoms. The highest BCUT2D eigenvalue weighted by Crippen LogP contribution is 2.82. The first-order valence-electron chi connectivity index (χ1n) is 13.3. The number of carbonyl (C=O) groups is 2. The van der Waals surface area contributed by atoms with Crippen molar-refractivity contribution in [3.05, 3.63) is 23.3 Å². The number of carbonyl (C=O) groups excluding carboxylic acids is 1. The molecule has 6 nitrogen and oxygen atoms in total. The average molecular weight is 506 g/mol. The third-order valence-electron chi connectivity index (χ3n) is 10.4. The summed E-state index contributed by atoms with van der Waals surface area (Å²) in [7, 11) is 0. The van der Waals surface area contributed by atoms with Gasteiger partial charge in [-0.1, -0.05) is 57.0 Å². The van der Waals surface area contributed by atoms with Gasteiger partial charge in [0.05, 0.1) is 18.1 Å². The Labute approximate surface area is 214 Å². The van der Waals surface area contributed by atoms with Gasteiger partial charge < -0.3 is 19.4 Å². The fourth-order valence-corrected chi connectivity index (χ4v) is 9.50. The molecule has 35 heavy (non-hydrogen) atoms. The minimum absolute atomic E-state index is 0.0266. The van der Waals surface area contributed by atoms with Crippen LogP contribution in [0.1, 0.15) is 53.4 Å². The lowest BCUT2D eigenvalue weighted by atomic mass is 9.43. The van der Waals surface area contributed by atoms with Crippen molar-refractivity contribution >= 4 is 23.9 Å². The van der Waals surface area contributed by atoms with Crippen LogP contribution in [0, 0.1) is 45.8 Å². The van der Waals surface area contributed by atoms with Gasteiger partial charge in [0, 0.05) is 30.1 Å². The van der Waals surface area contributed by atoms with E-state index in [0.29, 0.717) is 36.4 Å². The second-order valence-corrected chi connectivity index (χ2v) is 12.9. The highest BCUT2D eigenvalue weighted by atomic mass is 35.5. The van der Waals surface area contributed by atoms with Gasteiger partial charge in [-0.25, -0.2) is 0 Å². The highest BCUT2D eigenvalue weighted by molar-refractivity contribution is 6.29. The van der Waals surface area contributed by atoms with E-state index in [1.54, 1.807) is 0 Å². The molecule has 0 spiro atoms. The molecule has 3 saturated carbocycles. The summed E-state index contributed by atoms with van der Waals surface area (Å²) in [5, 5.41) is 11.6. The first-order chi connectivity index (χ1) is 16.5. The average Bonchev–Trinajstić information content (AvgIpc) is 3.34. The molecular weight excluding hydrogens is 466 g/mol. The topological polar surface area (TPSA) is 76.1 Å². The minimum Gasteiger partial charge on any atom is -0.481 e. The van der Waals surface area contributed by atoms with Crippen LogP contribution in [0.15, 0.2) is 23.3 Å². The van der Waals surface area contributed by atoms with E-state index in [1.165, 1.54) is 0 Å². The standard InChI is InChI=1S/C28H40ClNO5/c1-16(2)23-8-20-9-26(14-31)22-7-6-17(3)21(22)10-27(20,28(23,26)25(32)33)15-34-24-13-30(11-18(4)29)12-19(5)35-24/h8,14,16-17,19-22,24H,4,6-7,9-13,15H2,1-3,5H3,(H,32,33)/t17-,19?,20+,21-,22-,24-,26+,27+,28+/m1/s1. The van der Waals surface area contributed by atoms with Crippen molar-refractivity contribution < 1.29 is 24.2 Å². The Balaban J connectivity index is 1.53. The predicted molar refractivity (Wildman–Crippen MR) is 134 cm³/mol. The maximum atomic E-state index is 13.5. The van der Waals surface area contributed by atoms with E-state index in [-0.39, 0.29) is 30.5 Å². The fourth-order valence-electron chi connectivity index (χ4n) is 9.33. The Bertz CT molecular complexity index is 950. The zero-order valence-electron chi connectivity index (χ0n) is 21.5. The zero-order chi connectivity index (χ0) is 25.3. The number of morpholine rings is 1. The van der Waals surface area contributed by atoms with Crippen LogP contribution in [0.3, 0.4) is 0 Å². The number of hydrogen-bond acceptors (Lipinski definition) is 5. The monoisotopic (exact) mass is 505 g/mol. The van der Waals surface area contributed by atoms with Gasteiger partial charge >= 0.3 is 5.97 Å². The fraction of sp³-hybridized carbons (Fsp3) is 0.786. The van der Waals surface area contributed by atoms with Crippen LogP contribution in [0.2, 0.25) is 0 Å². The third-order valence-corrected chi connectivity index (χ3v) is 10.5. The van der Waals surface area contributed by atoms with E-state index in [0.717, 1.165) is 37.7 Å². The van der Waals surface area contributed by atoms with Gasteiger partial charge in [0.2, 0.25) is 0 Å². The van der Waals surface area contributed by atoms with E-state index in [2.05, 4.69) is 38.3 Å². The molecule has 0 aromatic carbocycles. The van der Waals surface area contributed by atoms with E-state index in [9.17, 15) is 14.7 Å². The van der Waals surface area contributed by atoms with Gasteiger partial charge in [0.1, 0.15) is 11.7 Å². The highest BCUT2D eigenvalue weighted by Gasteiger charge is 2.84.